The van der Waals surface area contributed by atoms with Gasteiger partial charge in [0.2, 0.25) is 0 Å². The first-order valence-corrected chi connectivity index (χ1v) is 8.12. The lowest BCUT2D eigenvalue weighted by Crippen LogP contribution is -2.17. The van der Waals surface area contributed by atoms with E-state index in [1.807, 2.05) is 39.0 Å². The van der Waals surface area contributed by atoms with Crippen molar-refractivity contribution < 1.29 is 4.79 Å². The van der Waals surface area contributed by atoms with Crippen molar-refractivity contribution in [3.05, 3.63) is 68.1 Å². The van der Waals surface area contributed by atoms with Gasteiger partial charge in [0.1, 0.15) is 0 Å². The summed E-state index contributed by atoms with van der Waals surface area (Å²) in [6.07, 6.45) is 0.834. The molecule has 2 aromatic rings. The van der Waals surface area contributed by atoms with Crippen LogP contribution in [-0.2, 0) is 6.42 Å². The number of hydrogen-bond donors (Lipinski definition) is 1. The summed E-state index contributed by atoms with van der Waals surface area (Å²) in [4.78, 5) is 27.3. The monoisotopic (exact) mass is 311 g/mol. The summed E-state index contributed by atoms with van der Waals surface area (Å²) in [5, 5.41) is 0. The third kappa shape index (κ3) is 3.98. The number of carbonyl (C=O) groups excluding carboxylic acids is 1. The normalized spacial score (nSPS) is 11.0. The van der Waals surface area contributed by atoms with Gasteiger partial charge in [0.15, 0.2) is 5.78 Å². The highest BCUT2D eigenvalue weighted by molar-refractivity contribution is 5.97. The van der Waals surface area contributed by atoms with E-state index in [2.05, 4.69) is 24.9 Å². The molecule has 0 saturated carbocycles. The van der Waals surface area contributed by atoms with Crippen LogP contribution in [0.1, 0.15) is 64.5 Å². The molecule has 2 rings (SSSR count). The molecular weight excluding hydrogens is 286 g/mol. The molecule has 1 heterocycles. The standard InChI is InChI=1S/C20H25NO2/c1-12(2)16-6-7-17(14(4)11-16)19(22)9-8-18-13(3)10-15(5)21-20(18)23/h6-7,10-12H,8-9H2,1-5H3,(H,21,23). The highest BCUT2D eigenvalue weighted by Gasteiger charge is 2.13. The number of hydrogen-bond acceptors (Lipinski definition) is 2. The molecule has 0 radical (unpaired) electrons. The number of Topliss-reactive ketones (excluding diaryl/α,β-unsaturated/α-hetero) is 1. The van der Waals surface area contributed by atoms with Crippen molar-refractivity contribution in [2.45, 2.75) is 53.4 Å². The van der Waals surface area contributed by atoms with Gasteiger partial charge in [0.05, 0.1) is 0 Å². The van der Waals surface area contributed by atoms with E-state index in [1.165, 1.54) is 5.56 Å². The molecule has 0 spiro atoms. The van der Waals surface area contributed by atoms with Crippen LogP contribution in [0, 0.1) is 20.8 Å². The third-order valence-electron chi connectivity index (χ3n) is 4.31. The zero-order valence-electron chi connectivity index (χ0n) is 14.6. The fourth-order valence-corrected chi connectivity index (χ4v) is 2.92. The lowest BCUT2D eigenvalue weighted by Gasteiger charge is -2.11. The Morgan fingerprint density at radius 2 is 1.78 bits per heavy atom. The van der Waals surface area contributed by atoms with Gasteiger partial charge in [-0.05, 0) is 55.9 Å². The maximum Gasteiger partial charge on any atom is 0.251 e. The van der Waals surface area contributed by atoms with Crippen molar-refractivity contribution in [3.63, 3.8) is 0 Å². The van der Waals surface area contributed by atoms with Crippen molar-refractivity contribution >= 4 is 5.78 Å². The fourth-order valence-electron chi connectivity index (χ4n) is 2.92. The molecule has 3 heteroatoms. The molecule has 0 saturated heterocycles. The summed E-state index contributed by atoms with van der Waals surface area (Å²) in [6, 6.07) is 7.97. The molecule has 3 nitrogen and oxygen atoms in total. The number of ketones is 1. The van der Waals surface area contributed by atoms with Gasteiger partial charge in [-0.15, -0.1) is 0 Å². The van der Waals surface area contributed by atoms with Crippen molar-refractivity contribution in [1.82, 2.24) is 4.98 Å². The maximum atomic E-state index is 12.5. The number of nitrogens with one attached hydrogen (secondary N) is 1. The Bertz CT molecular complexity index is 785. The molecule has 0 aliphatic heterocycles. The van der Waals surface area contributed by atoms with Gasteiger partial charge >= 0.3 is 0 Å². The molecule has 0 fully saturated rings. The first-order valence-electron chi connectivity index (χ1n) is 8.12. The SMILES string of the molecule is Cc1cc(C)c(CCC(=O)c2ccc(C(C)C)cc2C)c(=O)[nH]1. The number of benzene rings is 1. The van der Waals surface area contributed by atoms with Crippen LogP contribution in [0.25, 0.3) is 0 Å². The van der Waals surface area contributed by atoms with E-state index in [9.17, 15) is 9.59 Å². The summed E-state index contributed by atoms with van der Waals surface area (Å²) in [5.74, 6) is 0.545. The van der Waals surface area contributed by atoms with Gasteiger partial charge in [-0.25, -0.2) is 0 Å². The van der Waals surface area contributed by atoms with Gasteiger partial charge in [0, 0.05) is 23.2 Å². The summed E-state index contributed by atoms with van der Waals surface area (Å²) in [6.45, 7) is 10.0. The highest BCUT2D eigenvalue weighted by Crippen LogP contribution is 2.20. The van der Waals surface area contributed by atoms with Crippen LogP contribution in [0.3, 0.4) is 0 Å². The third-order valence-corrected chi connectivity index (χ3v) is 4.31. The molecule has 0 atom stereocenters. The molecule has 0 unspecified atom stereocenters. The summed E-state index contributed by atoms with van der Waals surface area (Å²) >= 11 is 0. The quantitative estimate of drug-likeness (QED) is 0.840. The van der Waals surface area contributed by atoms with Crippen molar-refractivity contribution in [2.24, 2.45) is 0 Å². The smallest absolute Gasteiger partial charge is 0.251 e. The number of pyridine rings is 1. The molecule has 122 valence electrons. The van der Waals surface area contributed by atoms with E-state index in [-0.39, 0.29) is 11.3 Å². The topological polar surface area (TPSA) is 49.9 Å². The van der Waals surface area contributed by atoms with Gasteiger partial charge < -0.3 is 4.98 Å². The lowest BCUT2D eigenvalue weighted by atomic mass is 9.94. The molecule has 0 aliphatic rings. The molecule has 0 bridgehead atoms. The average molecular weight is 311 g/mol. The number of carbonyl (C=O) groups is 1. The second-order valence-electron chi connectivity index (χ2n) is 6.60. The second kappa shape index (κ2) is 6.95. The molecular formula is C20H25NO2. The van der Waals surface area contributed by atoms with E-state index in [0.29, 0.717) is 24.3 Å². The Kier molecular flexibility index (Phi) is 5.19. The minimum Gasteiger partial charge on any atom is -0.326 e. The van der Waals surface area contributed by atoms with Crippen LogP contribution in [-0.4, -0.2) is 10.8 Å². The van der Waals surface area contributed by atoms with Gasteiger partial charge in [-0.1, -0.05) is 32.0 Å². The number of aromatic nitrogens is 1. The molecule has 23 heavy (non-hydrogen) atoms. The maximum absolute atomic E-state index is 12.5. The second-order valence-corrected chi connectivity index (χ2v) is 6.60. The van der Waals surface area contributed by atoms with E-state index in [4.69, 9.17) is 0 Å². The first kappa shape index (κ1) is 17.2. The number of aryl methyl sites for hydroxylation is 3. The zero-order valence-corrected chi connectivity index (χ0v) is 14.6. The van der Waals surface area contributed by atoms with Gasteiger partial charge in [0.25, 0.3) is 5.56 Å². The minimum atomic E-state index is -0.0813. The van der Waals surface area contributed by atoms with E-state index >= 15 is 0 Å². The number of rotatable bonds is 5. The van der Waals surface area contributed by atoms with Gasteiger partial charge in [-0.3, -0.25) is 9.59 Å². The minimum absolute atomic E-state index is 0.0813. The average Bonchev–Trinajstić information content (AvgIpc) is 2.45. The van der Waals surface area contributed by atoms with E-state index < -0.39 is 0 Å². The Morgan fingerprint density at radius 3 is 2.35 bits per heavy atom. The fraction of sp³-hybridized carbons (Fsp3) is 0.400. The molecule has 1 aromatic heterocycles. The predicted molar refractivity (Wildman–Crippen MR) is 94.5 cm³/mol. The van der Waals surface area contributed by atoms with Gasteiger partial charge in [-0.2, -0.15) is 0 Å². The number of aromatic amines is 1. The van der Waals surface area contributed by atoms with Crippen molar-refractivity contribution in [1.29, 1.82) is 0 Å². The Labute approximate surface area is 137 Å². The largest absolute Gasteiger partial charge is 0.326 e. The summed E-state index contributed by atoms with van der Waals surface area (Å²) < 4.78 is 0. The lowest BCUT2D eigenvalue weighted by molar-refractivity contribution is 0.0982. The van der Waals surface area contributed by atoms with E-state index in [1.54, 1.807) is 0 Å². The zero-order chi connectivity index (χ0) is 17.1. The van der Waals surface area contributed by atoms with Crippen LogP contribution in [0.2, 0.25) is 0 Å². The first-order chi connectivity index (χ1) is 10.8. The summed E-state index contributed by atoms with van der Waals surface area (Å²) in [5.41, 5.74) is 5.44. The van der Waals surface area contributed by atoms with Crippen LogP contribution < -0.4 is 5.56 Å². The molecule has 1 N–H and O–H groups in total. The Hall–Kier alpha value is -2.16. The van der Waals surface area contributed by atoms with Crippen molar-refractivity contribution in [3.8, 4) is 0 Å². The van der Waals surface area contributed by atoms with Crippen LogP contribution in [0.15, 0.2) is 29.1 Å². The Balaban J connectivity index is 2.16. The highest BCUT2D eigenvalue weighted by atomic mass is 16.1. The molecule has 0 aliphatic carbocycles. The van der Waals surface area contributed by atoms with Crippen LogP contribution in [0.4, 0.5) is 0 Å². The van der Waals surface area contributed by atoms with Crippen LogP contribution in [0.5, 0.6) is 0 Å². The van der Waals surface area contributed by atoms with Crippen molar-refractivity contribution in [2.75, 3.05) is 0 Å². The van der Waals surface area contributed by atoms with Crippen LogP contribution >= 0.6 is 0 Å². The summed E-state index contributed by atoms with van der Waals surface area (Å²) in [7, 11) is 0. The molecule has 1 aromatic carbocycles. The predicted octanol–water partition coefficient (Wildman–Crippen LogP) is 4.24. The van der Waals surface area contributed by atoms with E-state index in [0.717, 1.165) is 22.4 Å². The Morgan fingerprint density at radius 1 is 1.09 bits per heavy atom. The molecule has 0 amide bonds. The number of H-pyrrole nitrogens is 1.